The molecule has 0 aliphatic carbocycles. The molecule has 70 valence electrons. The van der Waals surface area contributed by atoms with Gasteiger partial charge in [0, 0.05) is 6.04 Å². The highest BCUT2D eigenvalue weighted by molar-refractivity contribution is 5.27. The first kappa shape index (κ1) is 9.81. The van der Waals surface area contributed by atoms with Gasteiger partial charge < -0.3 is 10.8 Å². The Bertz CT molecular complexity index is 289. The van der Waals surface area contributed by atoms with Crippen LogP contribution < -0.4 is 5.73 Å². The lowest BCUT2D eigenvalue weighted by Crippen LogP contribution is -2.23. The lowest BCUT2D eigenvalue weighted by atomic mass is 10.0. The van der Waals surface area contributed by atoms with E-state index in [2.05, 4.69) is 6.58 Å². The normalized spacial score (nSPS) is 12.5. The summed E-state index contributed by atoms with van der Waals surface area (Å²) >= 11 is 0. The number of benzene rings is 1. The Morgan fingerprint density at radius 1 is 1.46 bits per heavy atom. The first-order valence-corrected chi connectivity index (χ1v) is 4.28. The van der Waals surface area contributed by atoms with Gasteiger partial charge in [-0.05, 0) is 31.0 Å². The summed E-state index contributed by atoms with van der Waals surface area (Å²) in [7, 11) is 0. The predicted molar refractivity (Wildman–Crippen MR) is 54.6 cm³/mol. The van der Waals surface area contributed by atoms with Gasteiger partial charge in [-0.15, -0.1) is 0 Å². The molecule has 0 bridgehead atoms. The molecule has 1 rings (SSSR count). The summed E-state index contributed by atoms with van der Waals surface area (Å²) in [6.07, 6.45) is 0.773. The van der Waals surface area contributed by atoms with Crippen LogP contribution in [0, 0.1) is 0 Å². The van der Waals surface area contributed by atoms with E-state index in [1.54, 1.807) is 12.1 Å². The third kappa shape index (κ3) is 2.92. The molecule has 0 aromatic heterocycles. The fourth-order valence-corrected chi connectivity index (χ4v) is 1.06. The first-order chi connectivity index (χ1) is 6.09. The fourth-order valence-electron chi connectivity index (χ4n) is 1.06. The molecule has 0 amide bonds. The van der Waals surface area contributed by atoms with Gasteiger partial charge in [0.05, 0.1) is 0 Å². The minimum Gasteiger partial charge on any atom is -0.508 e. The molecule has 1 atom stereocenters. The average Bonchev–Trinajstić information content (AvgIpc) is 2.08. The van der Waals surface area contributed by atoms with Crippen molar-refractivity contribution in [2.75, 3.05) is 0 Å². The molecule has 0 radical (unpaired) electrons. The van der Waals surface area contributed by atoms with E-state index in [0.29, 0.717) is 0 Å². The van der Waals surface area contributed by atoms with Gasteiger partial charge in [0.1, 0.15) is 5.75 Å². The van der Waals surface area contributed by atoms with E-state index < -0.39 is 0 Å². The summed E-state index contributed by atoms with van der Waals surface area (Å²) in [5.41, 5.74) is 7.92. The van der Waals surface area contributed by atoms with Crippen LogP contribution in [0.2, 0.25) is 0 Å². The van der Waals surface area contributed by atoms with Gasteiger partial charge in [0.15, 0.2) is 0 Å². The average molecular weight is 177 g/mol. The topological polar surface area (TPSA) is 46.2 Å². The molecule has 0 fully saturated rings. The second kappa shape index (κ2) is 4.10. The standard InChI is InChI=1S/C11H15NO/c1-8(2)11(12)7-9-3-5-10(13)6-4-9/h3-6,11,13H,1,7,12H2,2H3. The summed E-state index contributed by atoms with van der Waals surface area (Å²) < 4.78 is 0. The highest BCUT2D eigenvalue weighted by Crippen LogP contribution is 2.12. The minimum atomic E-state index is 0.00421. The van der Waals surface area contributed by atoms with Crippen LogP contribution in [-0.2, 0) is 6.42 Å². The lowest BCUT2D eigenvalue weighted by molar-refractivity contribution is 0.475. The molecule has 0 saturated carbocycles. The highest BCUT2D eigenvalue weighted by atomic mass is 16.3. The largest absolute Gasteiger partial charge is 0.508 e. The first-order valence-electron chi connectivity index (χ1n) is 4.28. The van der Waals surface area contributed by atoms with Crippen LogP contribution >= 0.6 is 0 Å². The summed E-state index contributed by atoms with van der Waals surface area (Å²) in [5.74, 6) is 0.285. The zero-order chi connectivity index (χ0) is 9.84. The number of aromatic hydroxyl groups is 1. The summed E-state index contributed by atoms with van der Waals surface area (Å²) in [6.45, 7) is 5.72. The Morgan fingerprint density at radius 2 is 2.00 bits per heavy atom. The van der Waals surface area contributed by atoms with Gasteiger partial charge in [-0.2, -0.15) is 0 Å². The number of hydrogen-bond acceptors (Lipinski definition) is 2. The highest BCUT2D eigenvalue weighted by Gasteiger charge is 2.03. The van der Waals surface area contributed by atoms with Crippen molar-refractivity contribution in [1.29, 1.82) is 0 Å². The zero-order valence-electron chi connectivity index (χ0n) is 7.83. The van der Waals surface area contributed by atoms with Crippen LogP contribution in [0.15, 0.2) is 36.4 Å². The van der Waals surface area contributed by atoms with Crippen LogP contribution in [0.5, 0.6) is 5.75 Å². The molecule has 3 N–H and O–H groups in total. The number of rotatable bonds is 3. The van der Waals surface area contributed by atoms with Crippen molar-refractivity contribution in [1.82, 2.24) is 0 Å². The number of phenolic OH excluding ortho intramolecular Hbond substituents is 1. The van der Waals surface area contributed by atoms with E-state index in [0.717, 1.165) is 17.6 Å². The Labute approximate surface area is 78.7 Å². The zero-order valence-corrected chi connectivity index (χ0v) is 7.83. The van der Waals surface area contributed by atoms with E-state index >= 15 is 0 Å². The summed E-state index contributed by atoms with van der Waals surface area (Å²) in [6, 6.07) is 7.08. The molecule has 0 saturated heterocycles. The van der Waals surface area contributed by atoms with E-state index in [1.807, 2.05) is 19.1 Å². The lowest BCUT2D eigenvalue weighted by Gasteiger charge is -2.10. The maximum absolute atomic E-state index is 9.05. The monoisotopic (exact) mass is 177 g/mol. The van der Waals surface area contributed by atoms with Crippen LogP contribution in [0.1, 0.15) is 12.5 Å². The van der Waals surface area contributed by atoms with E-state index in [1.165, 1.54) is 0 Å². The molecule has 0 aliphatic heterocycles. The Balaban J connectivity index is 2.64. The van der Waals surface area contributed by atoms with Crippen LogP contribution in [-0.4, -0.2) is 11.1 Å². The molecular weight excluding hydrogens is 162 g/mol. The molecule has 2 heteroatoms. The molecule has 0 heterocycles. The molecule has 0 aliphatic rings. The van der Waals surface area contributed by atoms with Gasteiger partial charge in [-0.3, -0.25) is 0 Å². The van der Waals surface area contributed by atoms with Gasteiger partial charge in [-0.1, -0.05) is 24.3 Å². The molecule has 1 aromatic carbocycles. The minimum absolute atomic E-state index is 0.00421. The molecule has 2 nitrogen and oxygen atoms in total. The second-order valence-corrected chi connectivity index (χ2v) is 3.32. The third-order valence-electron chi connectivity index (χ3n) is 2.02. The summed E-state index contributed by atoms with van der Waals surface area (Å²) in [5, 5.41) is 9.05. The Hall–Kier alpha value is -1.28. The number of nitrogens with two attached hydrogens (primary N) is 1. The molecule has 0 spiro atoms. The maximum atomic E-state index is 9.05. The predicted octanol–water partition coefficient (Wildman–Crippen LogP) is 1.84. The molecule has 1 aromatic rings. The SMILES string of the molecule is C=C(C)C(N)Cc1ccc(O)cc1. The van der Waals surface area contributed by atoms with Crippen molar-refractivity contribution in [2.24, 2.45) is 5.73 Å². The van der Waals surface area contributed by atoms with Crippen molar-refractivity contribution in [3.63, 3.8) is 0 Å². The third-order valence-corrected chi connectivity index (χ3v) is 2.02. The number of hydrogen-bond donors (Lipinski definition) is 2. The maximum Gasteiger partial charge on any atom is 0.115 e. The quantitative estimate of drug-likeness (QED) is 0.692. The van der Waals surface area contributed by atoms with Gasteiger partial charge in [-0.25, -0.2) is 0 Å². The molecule has 1 unspecified atom stereocenters. The second-order valence-electron chi connectivity index (χ2n) is 3.32. The molecule has 13 heavy (non-hydrogen) atoms. The van der Waals surface area contributed by atoms with Crippen LogP contribution in [0.25, 0.3) is 0 Å². The van der Waals surface area contributed by atoms with Crippen molar-refractivity contribution < 1.29 is 5.11 Å². The smallest absolute Gasteiger partial charge is 0.115 e. The van der Waals surface area contributed by atoms with Crippen LogP contribution in [0.4, 0.5) is 0 Å². The van der Waals surface area contributed by atoms with Crippen molar-refractivity contribution >= 4 is 0 Å². The van der Waals surface area contributed by atoms with E-state index in [4.69, 9.17) is 10.8 Å². The van der Waals surface area contributed by atoms with Crippen molar-refractivity contribution in [3.05, 3.63) is 42.0 Å². The van der Waals surface area contributed by atoms with Crippen molar-refractivity contribution in [3.8, 4) is 5.75 Å². The Kier molecular flexibility index (Phi) is 3.09. The van der Waals surface area contributed by atoms with Crippen LogP contribution in [0.3, 0.4) is 0 Å². The molecular formula is C11H15NO. The van der Waals surface area contributed by atoms with Gasteiger partial charge in [0.2, 0.25) is 0 Å². The Morgan fingerprint density at radius 3 is 2.46 bits per heavy atom. The van der Waals surface area contributed by atoms with Gasteiger partial charge >= 0.3 is 0 Å². The van der Waals surface area contributed by atoms with Gasteiger partial charge in [0.25, 0.3) is 0 Å². The number of phenols is 1. The van der Waals surface area contributed by atoms with E-state index in [-0.39, 0.29) is 11.8 Å². The van der Waals surface area contributed by atoms with E-state index in [9.17, 15) is 0 Å². The summed E-state index contributed by atoms with van der Waals surface area (Å²) in [4.78, 5) is 0. The van der Waals surface area contributed by atoms with Crippen molar-refractivity contribution in [2.45, 2.75) is 19.4 Å². The fraction of sp³-hybridized carbons (Fsp3) is 0.273.